The molecule has 1 aromatic rings. The highest BCUT2D eigenvalue weighted by Crippen LogP contribution is 2.27. The van der Waals surface area contributed by atoms with Crippen LogP contribution in [-0.2, 0) is 13.1 Å². The molecule has 2 heteroatoms. The van der Waals surface area contributed by atoms with Crippen LogP contribution < -0.4 is 5.32 Å². The summed E-state index contributed by atoms with van der Waals surface area (Å²) in [6.45, 7) is 9.89. The highest BCUT2D eigenvalue weighted by Gasteiger charge is 2.18. The number of nitrogens with zero attached hydrogens (tertiary/aromatic N) is 1. The lowest BCUT2D eigenvalue weighted by atomic mass is 9.85. The van der Waals surface area contributed by atoms with Gasteiger partial charge < -0.3 is 10.2 Å². The summed E-state index contributed by atoms with van der Waals surface area (Å²) in [5, 5.41) is 3.53. The molecule has 0 spiro atoms. The number of nitrogens with one attached hydrogen (secondary N) is 1. The Hall–Kier alpha value is -0.860. The van der Waals surface area contributed by atoms with E-state index in [2.05, 4.69) is 62.3 Å². The fourth-order valence-corrected chi connectivity index (χ4v) is 2.62. The van der Waals surface area contributed by atoms with E-state index in [-0.39, 0.29) is 5.54 Å². The minimum Gasteiger partial charge on any atom is -0.308 e. The van der Waals surface area contributed by atoms with Gasteiger partial charge >= 0.3 is 0 Å². The van der Waals surface area contributed by atoms with Gasteiger partial charge in [0.25, 0.3) is 0 Å². The van der Waals surface area contributed by atoms with Crippen molar-refractivity contribution in [1.29, 1.82) is 0 Å². The van der Waals surface area contributed by atoms with Crippen molar-refractivity contribution in [3.05, 3.63) is 35.4 Å². The molecule has 1 saturated carbocycles. The average molecular weight is 274 g/mol. The maximum absolute atomic E-state index is 3.53. The number of benzene rings is 1. The summed E-state index contributed by atoms with van der Waals surface area (Å²) >= 11 is 0. The topological polar surface area (TPSA) is 15.3 Å². The van der Waals surface area contributed by atoms with Crippen molar-refractivity contribution in [2.24, 2.45) is 5.92 Å². The molecule has 0 heterocycles. The monoisotopic (exact) mass is 274 g/mol. The summed E-state index contributed by atoms with van der Waals surface area (Å²) in [7, 11) is 2.24. The van der Waals surface area contributed by atoms with E-state index in [0.29, 0.717) is 0 Å². The van der Waals surface area contributed by atoms with Crippen LogP contribution in [-0.4, -0.2) is 24.0 Å². The van der Waals surface area contributed by atoms with Gasteiger partial charge in [0.05, 0.1) is 0 Å². The molecule has 0 bridgehead atoms. The standard InChI is InChI=1S/C18H30N2/c1-18(2,3)19-12-15-8-10-17(11-9-15)14-20(4)13-16-6-5-7-16/h8-11,16,19H,5-7,12-14H2,1-4H3. The van der Waals surface area contributed by atoms with Crippen LogP contribution in [0.5, 0.6) is 0 Å². The smallest absolute Gasteiger partial charge is 0.0230 e. The van der Waals surface area contributed by atoms with Crippen LogP contribution in [0, 0.1) is 5.92 Å². The van der Waals surface area contributed by atoms with Gasteiger partial charge in [-0.25, -0.2) is 0 Å². The van der Waals surface area contributed by atoms with Gasteiger partial charge in [0, 0.05) is 25.2 Å². The summed E-state index contributed by atoms with van der Waals surface area (Å²) in [4.78, 5) is 2.46. The average Bonchev–Trinajstić information content (AvgIpc) is 2.32. The molecule has 1 aromatic carbocycles. The van der Waals surface area contributed by atoms with Gasteiger partial charge in [0.1, 0.15) is 0 Å². The molecule has 0 amide bonds. The van der Waals surface area contributed by atoms with Crippen molar-refractivity contribution >= 4 is 0 Å². The Kier molecular flexibility index (Phi) is 5.22. The third kappa shape index (κ3) is 5.26. The minimum atomic E-state index is 0.182. The second-order valence-electron chi connectivity index (χ2n) is 7.41. The predicted octanol–water partition coefficient (Wildman–Crippen LogP) is 3.81. The molecule has 1 N–H and O–H groups in total. The summed E-state index contributed by atoms with van der Waals surface area (Å²) in [6, 6.07) is 9.06. The molecule has 1 fully saturated rings. The molecule has 0 radical (unpaired) electrons. The zero-order chi connectivity index (χ0) is 14.6. The molecule has 1 aliphatic rings. The van der Waals surface area contributed by atoms with Crippen molar-refractivity contribution in [3.8, 4) is 0 Å². The summed E-state index contributed by atoms with van der Waals surface area (Å²) in [5.41, 5.74) is 2.97. The van der Waals surface area contributed by atoms with Crippen LogP contribution in [0.3, 0.4) is 0 Å². The quantitative estimate of drug-likeness (QED) is 0.848. The van der Waals surface area contributed by atoms with Crippen molar-refractivity contribution < 1.29 is 0 Å². The third-order valence-corrected chi connectivity index (χ3v) is 4.09. The number of hydrogen-bond acceptors (Lipinski definition) is 2. The number of hydrogen-bond donors (Lipinski definition) is 1. The molecule has 2 rings (SSSR count). The van der Waals surface area contributed by atoms with Gasteiger partial charge in [-0.15, -0.1) is 0 Å². The van der Waals surface area contributed by atoms with E-state index in [9.17, 15) is 0 Å². The zero-order valence-electron chi connectivity index (χ0n) is 13.6. The van der Waals surface area contributed by atoms with Gasteiger partial charge in [-0.1, -0.05) is 30.7 Å². The Morgan fingerprint density at radius 1 is 1.10 bits per heavy atom. The maximum atomic E-state index is 3.53. The Balaban J connectivity index is 1.78. The summed E-state index contributed by atoms with van der Waals surface area (Å²) in [5.74, 6) is 0.954. The predicted molar refractivity (Wildman–Crippen MR) is 86.7 cm³/mol. The van der Waals surface area contributed by atoms with Crippen LogP contribution in [0.1, 0.15) is 51.2 Å². The SMILES string of the molecule is CN(Cc1ccc(CNC(C)(C)C)cc1)CC1CCC1. The van der Waals surface area contributed by atoms with Crippen molar-refractivity contribution in [2.75, 3.05) is 13.6 Å². The normalized spacial score (nSPS) is 16.4. The van der Waals surface area contributed by atoms with Gasteiger partial charge in [-0.05, 0) is 57.7 Å². The van der Waals surface area contributed by atoms with Crippen molar-refractivity contribution in [1.82, 2.24) is 10.2 Å². The molecule has 2 nitrogen and oxygen atoms in total. The van der Waals surface area contributed by atoms with Gasteiger partial charge in [0.15, 0.2) is 0 Å². The fourth-order valence-electron chi connectivity index (χ4n) is 2.62. The van der Waals surface area contributed by atoms with Crippen LogP contribution in [0.25, 0.3) is 0 Å². The van der Waals surface area contributed by atoms with Gasteiger partial charge in [0.2, 0.25) is 0 Å². The van der Waals surface area contributed by atoms with Crippen LogP contribution in [0.4, 0.5) is 0 Å². The first-order valence-corrected chi connectivity index (χ1v) is 7.94. The highest BCUT2D eigenvalue weighted by molar-refractivity contribution is 5.22. The minimum absolute atomic E-state index is 0.182. The summed E-state index contributed by atoms with van der Waals surface area (Å²) in [6.07, 6.45) is 4.30. The Morgan fingerprint density at radius 3 is 2.20 bits per heavy atom. The van der Waals surface area contributed by atoms with E-state index >= 15 is 0 Å². The first-order valence-electron chi connectivity index (χ1n) is 7.94. The Morgan fingerprint density at radius 2 is 1.70 bits per heavy atom. The van der Waals surface area contributed by atoms with Crippen LogP contribution in [0.15, 0.2) is 24.3 Å². The third-order valence-electron chi connectivity index (χ3n) is 4.09. The van der Waals surface area contributed by atoms with E-state index < -0.39 is 0 Å². The van der Waals surface area contributed by atoms with Crippen molar-refractivity contribution in [2.45, 2.75) is 58.7 Å². The zero-order valence-corrected chi connectivity index (χ0v) is 13.6. The molecular formula is C18H30N2. The molecule has 1 aliphatic carbocycles. The lowest BCUT2D eigenvalue weighted by Crippen LogP contribution is -2.35. The van der Waals surface area contributed by atoms with E-state index in [1.54, 1.807) is 0 Å². The van der Waals surface area contributed by atoms with E-state index in [1.165, 1.54) is 36.9 Å². The first-order chi connectivity index (χ1) is 9.42. The second-order valence-corrected chi connectivity index (χ2v) is 7.41. The highest BCUT2D eigenvalue weighted by atomic mass is 15.1. The molecule has 0 atom stereocenters. The fraction of sp³-hybridized carbons (Fsp3) is 0.667. The van der Waals surface area contributed by atoms with Crippen molar-refractivity contribution in [3.63, 3.8) is 0 Å². The summed E-state index contributed by atoms with van der Waals surface area (Å²) < 4.78 is 0. The molecular weight excluding hydrogens is 244 g/mol. The molecule has 0 unspecified atom stereocenters. The lowest BCUT2D eigenvalue weighted by Gasteiger charge is -2.30. The lowest BCUT2D eigenvalue weighted by molar-refractivity contribution is 0.200. The van der Waals surface area contributed by atoms with Gasteiger partial charge in [-0.2, -0.15) is 0 Å². The number of rotatable bonds is 6. The molecule has 0 saturated heterocycles. The Bertz CT molecular complexity index is 398. The second kappa shape index (κ2) is 6.73. The van der Waals surface area contributed by atoms with E-state index in [4.69, 9.17) is 0 Å². The van der Waals surface area contributed by atoms with Crippen LogP contribution >= 0.6 is 0 Å². The largest absolute Gasteiger partial charge is 0.308 e. The van der Waals surface area contributed by atoms with Gasteiger partial charge in [-0.3, -0.25) is 0 Å². The molecule has 0 aromatic heterocycles. The molecule has 20 heavy (non-hydrogen) atoms. The van der Waals surface area contributed by atoms with E-state index in [1.807, 2.05) is 0 Å². The molecule has 0 aliphatic heterocycles. The molecule has 112 valence electrons. The Labute approximate surface area is 124 Å². The first kappa shape index (κ1) is 15.5. The van der Waals surface area contributed by atoms with E-state index in [0.717, 1.165) is 19.0 Å². The maximum Gasteiger partial charge on any atom is 0.0230 e. The van der Waals surface area contributed by atoms with Crippen LogP contribution in [0.2, 0.25) is 0 Å².